The quantitative estimate of drug-likeness (QED) is 0.217. The first-order valence-corrected chi connectivity index (χ1v) is 14.3. The van der Waals surface area contributed by atoms with E-state index in [1.54, 1.807) is 0 Å². The normalized spacial score (nSPS) is 11.3. The molecule has 2 nitrogen and oxygen atoms in total. The highest BCUT2D eigenvalue weighted by molar-refractivity contribution is 6.04. The predicted octanol–water partition coefficient (Wildman–Crippen LogP) is 11.5. The molecule has 2 heteroatoms. The van der Waals surface area contributed by atoms with Crippen LogP contribution in [0, 0.1) is 0 Å². The number of furan rings is 1. The number of hydrogen-bond donors (Lipinski definition) is 0. The summed E-state index contributed by atoms with van der Waals surface area (Å²) in [6.07, 6.45) is 0. The van der Waals surface area contributed by atoms with E-state index in [4.69, 9.17) is 4.42 Å². The fourth-order valence-corrected chi connectivity index (χ4v) is 6.05. The molecule has 0 aliphatic heterocycles. The maximum Gasteiger partial charge on any atom is 0.145 e. The summed E-state index contributed by atoms with van der Waals surface area (Å²) in [5.41, 5.74) is 7.39. The van der Waals surface area contributed by atoms with Gasteiger partial charge in [-0.25, -0.2) is 0 Å². The molecule has 0 saturated carbocycles. The van der Waals surface area contributed by atoms with Crippen molar-refractivity contribution in [3.05, 3.63) is 164 Å². The van der Waals surface area contributed by atoms with Gasteiger partial charge in [0.15, 0.2) is 0 Å². The van der Waals surface area contributed by atoms with E-state index in [2.05, 4.69) is 163 Å². The molecule has 0 N–H and O–H groups in total. The van der Waals surface area contributed by atoms with Crippen molar-refractivity contribution in [2.24, 2.45) is 0 Å². The summed E-state index contributed by atoms with van der Waals surface area (Å²) >= 11 is 0. The summed E-state index contributed by atoms with van der Waals surface area (Å²) < 4.78 is 6.72. The minimum atomic E-state index is 0.865. The van der Waals surface area contributed by atoms with Gasteiger partial charge in [0.1, 0.15) is 11.3 Å². The number of nitrogens with zero attached hydrogens (tertiary/aromatic N) is 1. The molecule has 0 aliphatic carbocycles. The molecule has 0 bridgehead atoms. The van der Waals surface area contributed by atoms with Crippen LogP contribution in [0.5, 0.6) is 0 Å². The Morgan fingerprint density at radius 2 is 0.976 bits per heavy atom. The Balaban J connectivity index is 1.41. The van der Waals surface area contributed by atoms with E-state index in [1.165, 1.54) is 21.5 Å². The number of rotatable bonds is 5. The Morgan fingerprint density at radius 3 is 1.67 bits per heavy atom. The Kier molecular flexibility index (Phi) is 5.82. The van der Waals surface area contributed by atoms with Crippen molar-refractivity contribution in [1.29, 1.82) is 0 Å². The van der Waals surface area contributed by atoms with E-state index >= 15 is 0 Å². The Morgan fingerprint density at radius 1 is 0.429 bits per heavy atom. The van der Waals surface area contributed by atoms with Crippen LogP contribution in [-0.2, 0) is 0 Å². The highest BCUT2D eigenvalue weighted by Crippen LogP contribution is 2.47. The van der Waals surface area contributed by atoms with Crippen LogP contribution in [0.15, 0.2) is 168 Å². The highest BCUT2D eigenvalue weighted by atomic mass is 16.3. The SMILES string of the molecule is c1ccc(-c2c(-c3ccccc3N(c3ccc4ccccc4c3)c3ccc4ccccc4c3)oc3ccccc23)cc1. The molecule has 0 atom stereocenters. The first-order chi connectivity index (χ1) is 20.8. The van der Waals surface area contributed by atoms with Crippen LogP contribution in [0.1, 0.15) is 0 Å². The van der Waals surface area contributed by atoms with Gasteiger partial charge in [0.05, 0.1) is 5.69 Å². The summed E-state index contributed by atoms with van der Waals surface area (Å²) in [4.78, 5) is 2.36. The summed E-state index contributed by atoms with van der Waals surface area (Å²) in [6, 6.07) is 57.9. The lowest BCUT2D eigenvalue weighted by Gasteiger charge is -2.28. The molecule has 0 amide bonds. The summed E-state index contributed by atoms with van der Waals surface area (Å²) in [7, 11) is 0. The van der Waals surface area contributed by atoms with Gasteiger partial charge < -0.3 is 9.32 Å². The third-order valence-electron chi connectivity index (χ3n) is 8.03. The van der Waals surface area contributed by atoms with Crippen LogP contribution in [0.4, 0.5) is 17.1 Å². The van der Waals surface area contributed by atoms with Gasteiger partial charge in [-0.1, -0.05) is 121 Å². The zero-order chi connectivity index (χ0) is 27.9. The number of anilines is 3. The summed E-state index contributed by atoms with van der Waals surface area (Å²) in [5.74, 6) is 0.865. The van der Waals surface area contributed by atoms with Crippen LogP contribution >= 0.6 is 0 Å². The Bertz CT molecular complexity index is 2130. The zero-order valence-corrected chi connectivity index (χ0v) is 22.9. The maximum absolute atomic E-state index is 6.72. The lowest BCUT2D eigenvalue weighted by molar-refractivity contribution is 0.632. The van der Waals surface area contributed by atoms with Crippen LogP contribution < -0.4 is 4.90 Å². The van der Waals surface area contributed by atoms with Crippen LogP contribution in [0.25, 0.3) is 55.0 Å². The highest BCUT2D eigenvalue weighted by Gasteiger charge is 2.23. The number of fused-ring (bicyclic) bond motifs is 3. The van der Waals surface area contributed by atoms with Crippen molar-refractivity contribution >= 4 is 49.6 Å². The van der Waals surface area contributed by atoms with E-state index in [0.29, 0.717) is 0 Å². The van der Waals surface area contributed by atoms with E-state index < -0.39 is 0 Å². The molecule has 8 aromatic rings. The van der Waals surface area contributed by atoms with Crippen molar-refractivity contribution in [2.45, 2.75) is 0 Å². The van der Waals surface area contributed by atoms with Crippen LogP contribution in [-0.4, -0.2) is 0 Å². The second-order valence-corrected chi connectivity index (χ2v) is 10.6. The monoisotopic (exact) mass is 537 g/mol. The molecular formula is C40H27NO. The molecule has 0 radical (unpaired) electrons. The molecule has 1 heterocycles. The molecule has 1 aromatic heterocycles. The lowest BCUT2D eigenvalue weighted by Crippen LogP contribution is -2.11. The zero-order valence-electron chi connectivity index (χ0n) is 22.9. The standard InChI is InChI=1S/C40H27NO/c1-2-14-30(15-3-1)39-36-19-9-11-21-38(36)42-40(39)35-18-8-10-20-37(35)41(33-24-22-28-12-4-6-16-31(28)26-33)34-25-23-29-13-5-7-17-32(29)27-34/h1-27H. The molecule has 0 saturated heterocycles. The van der Waals surface area contributed by atoms with Crippen molar-refractivity contribution in [3.8, 4) is 22.5 Å². The third kappa shape index (κ3) is 4.13. The number of hydrogen-bond acceptors (Lipinski definition) is 2. The summed E-state index contributed by atoms with van der Waals surface area (Å²) in [6.45, 7) is 0. The van der Waals surface area contributed by atoms with E-state index in [0.717, 1.165) is 50.5 Å². The van der Waals surface area contributed by atoms with Crippen molar-refractivity contribution in [2.75, 3.05) is 4.90 Å². The fourth-order valence-electron chi connectivity index (χ4n) is 6.05. The van der Waals surface area contributed by atoms with Gasteiger partial charge in [0.2, 0.25) is 0 Å². The molecular weight excluding hydrogens is 510 g/mol. The maximum atomic E-state index is 6.72. The molecule has 7 aromatic carbocycles. The van der Waals surface area contributed by atoms with Gasteiger partial charge in [-0.3, -0.25) is 0 Å². The fraction of sp³-hybridized carbons (Fsp3) is 0. The van der Waals surface area contributed by atoms with Crippen molar-refractivity contribution < 1.29 is 4.42 Å². The van der Waals surface area contributed by atoms with Crippen molar-refractivity contribution in [1.82, 2.24) is 0 Å². The molecule has 198 valence electrons. The van der Waals surface area contributed by atoms with E-state index in [-0.39, 0.29) is 0 Å². The third-order valence-corrected chi connectivity index (χ3v) is 8.03. The van der Waals surface area contributed by atoms with Gasteiger partial charge in [0, 0.05) is 27.9 Å². The smallest absolute Gasteiger partial charge is 0.145 e. The first-order valence-electron chi connectivity index (χ1n) is 14.3. The van der Waals surface area contributed by atoms with Crippen molar-refractivity contribution in [3.63, 3.8) is 0 Å². The van der Waals surface area contributed by atoms with Gasteiger partial charge in [0.25, 0.3) is 0 Å². The average molecular weight is 538 g/mol. The molecule has 0 aliphatic rings. The predicted molar refractivity (Wildman–Crippen MR) is 177 cm³/mol. The number of para-hydroxylation sites is 2. The van der Waals surface area contributed by atoms with E-state index in [9.17, 15) is 0 Å². The topological polar surface area (TPSA) is 16.4 Å². The second-order valence-electron chi connectivity index (χ2n) is 10.6. The molecule has 0 fully saturated rings. The van der Waals surface area contributed by atoms with Crippen LogP contribution in [0.2, 0.25) is 0 Å². The van der Waals surface area contributed by atoms with Crippen LogP contribution in [0.3, 0.4) is 0 Å². The van der Waals surface area contributed by atoms with Gasteiger partial charge in [-0.2, -0.15) is 0 Å². The molecule has 42 heavy (non-hydrogen) atoms. The summed E-state index contributed by atoms with van der Waals surface area (Å²) in [5, 5.41) is 5.95. The van der Waals surface area contributed by atoms with Gasteiger partial charge in [-0.05, 0) is 69.6 Å². The average Bonchev–Trinajstić information content (AvgIpc) is 3.45. The largest absolute Gasteiger partial charge is 0.455 e. The lowest BCUT2D eigenvalue weighted by atomic mass is 9.97. The first kappa shape index (κ1) is 24.2. The minimum Gasteiger partial charge on any atom is -0.455 e. The molecule has 8 rings (SSSR count). The molecule has 0 unspecified atom stereocenters. The minimum absolute atomic E-state index is 0.865. The molecule has 0 spiro atoms. The van der Waals surface area contributed by atoms with Gasteiger partial charge >= 0.3 is 0 Å². The van der Waals surface area contributed by atoms with Gasteiger partial charge in [-0.15, -0.1) is 0 Å². The number of benzene rings is 7. The Hall–Kier alpha value is -5.60. The second kappa shape index (κ2) is 10.1. The Labute approximate surface area is 244 Å². The van der Waals surface area contributed by atoms with E-state index in [1.807, 2.05) is 6.07 Å².